The maximum atomic E-state index is 11.6. The van der Waals surface area contributed by atoms with Crippen LogP contribution in [0.2, 0.25) is 5.02 Å². The second-order valence-electron chi connectivity index (χ2n) is 5.23. The van der Waals surface area contributed by atoms with Crippen LogP contribution < -0.4 is 5.32 Å². The highest BCUT2D eigenvalue weighted by Gasteiger charge is 2.19. The molecule has 0 aromatic heterocycles. The van der Waals surface area contributed by atoms with Crippen molar-refractivity contribution >= 4 is 35.3 Å². The zero-order valence-corrected chi connectivity index (χ0v) is 13.9. The maximum absolute atomic E-state index is 11.6. The highest BCUT2D eigenvalue weighted by molar-refractivity contribution is 6.30. The Morgan fingerprint density at radius 1 is 1.27 bits per heavy atom. The number of alkyl carbamates (subject to hydrolysis) is 1. The van der Waals surface area contributed by atoms with E-state index in [1.807, 2.05) is 13.8 Å². The molecule has 0 fully saturated rings. The van der Waals surface area contributed by atoms with Crippen molar-refractivity contribution in [3.05, 3.63) is 34.9 Å². The van der Waals surface area contributed by atoms with Gasteiger partial charge >= 0.3 is 12.1 Å². The summed E-state index contributed by atoms with van der Waals surface area (Å²) in [6.45, 7) is 3.78. The number of carbonyl (C=O) groups excluding carboxylic acids is 1. The first-order valence-corrected chi connectivity index (χ1v) is 7.66. The lowest BCUT2D eigenvalue weighted by atomic mass is 9.96. The third-order valence-corrected chi connectivity index (χ3v) is 3.84. The molecule has 22 heavy (non-hydrogen) atoms. The Labute approximate surface area is 139 Å². The minimum atomic E-state index is -0.951. The topological polar surface area (TPSA) is 75.6 Å². The average molecular weight is 348 g/mol. The Kier molecular flexibility index (Phi) is 7.48. The fraction of sp³-hybridized carbons (Fsp3) is 0.467. The lowest BCUT2D eigenvalue weighted by molar-refractivity contribution is -0.137. The monoisotopic (exact) mass is 347 g/mol. The van der Waals surface area contributed by atoms with Crippen molar-refractivity contribution < 1.29 is 19.4 Å². The number of aliphatic carboxylic acids is 1. The van der Waals surface area contributed by atoms with E-state index in [-0.39, 0.29) is 24.8 Å². The molecule has 1 unspecified atom stereocenters. The van der Waals surface area contributed by atoms with Crippen molar-refractivity contribution in [2.75, 3.05) is 6.54 Å². The number of alkyl halides is 1. The third-order valence-electron chi connectivity index (χ3n) is 3.00. The number of carboxylic acids is 1. The van der Waals surface area contributed by atoms with Gasteiger partial charge in [-0.25, -0.2) is 4.79 Å². The SMILES string of the molecule is CC(C)C(Cl)OC(=O)NC[C@H](CC(=O)O)c1ccc(Cl)cc1. The van der Waals surface area contributed by atoms with E-state index in [0.29, 0.717) is 5.02 Å². The molecular formula is C15H19Cl2NO4. The molecule has 122 valence electrons. The third kappa shape index (κ3) is 6.54. The summed E-state index contributed by atoms with van der Waals surface area (Å²) in [5.74, 6) is -1.35. The molecule has 0 aliphatic rings. The van der Waals surface area contributed by atoms with Gasteiger partial charge in [-0.3, -0.25) is 4.79 Å². The average Bonchev–Trinajstić information content (AvgIpc) is 2.43. The van der Waals surface area contributed by atoms with Crippen molar-refractivity contribution in [2.24, 2.45) is 5.92 Å². The smallest absolute Gasteiger partial charge is 0.408 e. The van der Waals surface area contributed by atoms with Gasteiger partial charge in [-0.2, -0.15) is 0 Å². The summed E-state index contributed by atoms with van der Waals surface area (Å²) < 4.78 is 4.97. The molecule has 1 aromatic carbocycles. The van der Waals surface area contributed by atoms with E-state index in [0.717, 1.165) is 5.56 Å². The molecule has 0 radical (unpaired) electrons. The van der Waals surface area contributed by atoms with Gasteiger partial charge in [0.05, 0.1) is 6.42 Å². The normalized spacial score (nSPS) is 13.5. The van der Waals surface area contributed by atoms with Gasteiger partial charge in [0, 0.05) is 23.4 Å². The Morgan fingerprint density at radius 3 is 2.36 bits per heavy atom. The van der Waals surface area contributed by atoms with Gasteiger partial charge in [-0.1, -0.05) is 49.2 Å². The number of hydrogen-bond acceptors (Lipinski definition) is 3. The lowest BCUT2D eigenvalue weighted by Gasteiger charge is -2.18. The zero-order valence-electron chi connectivity index (χ0n) is 12.4. The molecule has 2 atom stereocenters. The molecule has 0 heterocycles. The first kappa shape index (κ1) is 18.6. The van der Waals surface area contributed by atoms with Crippen LogP contribution in [-0.2, 0) is 9.53 Å². The van der Waals surface area contributed by atoms with Gasteiger partial charge in [0.15, 0.2) is 5.56 Å². The molecule has 0 aliphatic carbocycles. The van der Waals surface area contributed by atoms with Gasteiger partial charge in [0.2, 0.25) is 0 Å². The van der Waals surface area contributed by atoms with Crippen LogP contribution in [0.1, 0.15) is 31.7 Å². The molecule has 1 rings (SSSR count). The summed E-state index contributed by atoms with van der Waals surface area (Å²) in [4.78, 5) is 22.6. The summed E-state index contributed by atoms with van der Waals surface area (Å²) in [6.07, 6.45) is -0.783. The van der Waals surface area contributed by atoms with Crippen molar-refractivity contribution in [3.63, 3.8) is 0 Å². The molecule has 0 saturated carbocycles. The predicted molar refractivity (Wildman–Crippen MR) is 85.4 cm³/mol. The first-order valence-electron chi connectivity index (χ1n) is 6.85. The number of hydrogen-bond donors (Lipinski definition) is 2. The second kappa shape index (κ2) is 8.86. The quantitative estimate of drug-likeness (QED) is 0.734. The number of benzene rings is 1. The van der Waals surface area contributed by atoms with Crippen LogP contribution in [0.25, 0.3) is 0 Å². The number of ether oxygens (including phenoxy) is 1. The molecule has 0 aliphatic heterocycles. The summed E-state index contributed by atoms with van der Waals surface area (Å²) in [5.41, 5.74) is 0.0480. The van der Waals surface area contributed by atoms with Crippen molar-refractivity contribution in [3.8, 4) is 0 Å². The van der Waals surface area contributed by atoms with Crippen LogP contribution >= 0.6 is 23.2 Å². The van der Waals surface area contributed by atoms with Crippen LogP contribution in [0.15, 0.2) is 24.3 Å². The largest absolute Gasteiger partial charge is 0.481 e. The van der Waals surface area contributed by atoms with Crippen LogP contribution in [0.4, 0.5) is 4.79 Å². The van der Waals surface area contributed by atoms with E-state index in [1.54, 1.807) is 24.3 Å². The fourth-order valence-electron chi connectivity index (χ4n) is 1.74. The van der Waals surface area contributed by atoms with Gasteiger partial charge in [0.25, 0.3) is 0 Å². The molecular weight excluding hydrogens is 329 g/mol. The fourth-order valence-corrected chi connectivity index (χ4v) is 1.95. The maximum Gasteiger partial charge on any atom is 0.408 e. The number of nitrogens with one attached hydrogen (secondary N) is 1. The highest BCUT2D eigenvalue weighted by atomic mass is 35.5. The lowest BCUT2D eigenvalue weighted by Crippen LogP contribution is -2.32. The highest BCUT2D eigenvalue weighted by Crippen LogP contribution is 2.21. The van der Waals surface area contributed by atoms with Gasteiger partial charge in [-0.05, 0) is 17.7 Å². The van der Waals surface area contributed by atoms with Crippen LogP contribution in [0.3, 0.4) is 0 Å². The molecule has 1 amide bonds. The van der Waals surface area contributed by atoms with Crippen LogP contribution in [0, 0.1) is 5.92 Å². The summed E-state index contributed by atoms with van der Waals surface area (Å²) in [6, 6.07) is 6.83. The number of carboxylic acid groups (broad SMARTS) is 1. The summed E-state index contributed by atoms with van der Waals surface area (Å²) >= 11 is 11.7. The van der Waals surface area contributed by atoms with E-state index < -0.39 is 17.6 Å². The van der Waals surface area contributed by atoms with Crippen molar-refractivity contribution in [1.82, 2.24) is 5.32 Å². The zero-order chi connectivity index (χ0) is 16.7. The van der Waals surface area contributed by atoms with Gasteiger partial charge in [0.1, 0.15) is 0 Å². The molecule has 0 spiro atoms. The van der Waals surface area contributed by atoms with Crippen LogP contribution in [-0.4, -0.2) is 29.3 Å². The van der Waals surface area contributed by atoms with Crippen molar-refractivity contribution in [2.45, 2.75) is 31.7 Å². The minimum Gasteiger partial charge on any atom is -0.481 e. The van der Waals surface area contributed by atoms with E-state index in [4.69, 9.17) is 33.0 Å². The minimum absolute atomic E-state index is 0.0153. The van der Waals surface area contributed by atoms with E-state index in [2.05, 4.69) is 5.32 Å². The Morgan fingerprint density at radius 2 is 1.86 bits per heavy atom. The number of rotatable bonds is 7. The standard InChI is InChI=1S/C15H19Cl2NO4/c1-9(2)14(17)22-15(21)18-8-11(7-13(19)20)10-3-5-12(16)6-4-10/h3-6,9,11,14H,7-8H2,1-2H3,(H,18,21)(H,19,20)/t11-,14?/m0/s1. The second-order valence-corrected chi connectivity index (χ2v) is 6.09. The number of amides is 1. The van der Waals surface area contributed by atoms with Gasteiger partial charge < -0.3 is 15.2 Å². The van der Waals surface area contributed by atoms with E-state index >= 15 is 0 Å². The van der Waals surface area contributed by atoms with E-state index in [9.17, 15) is 9.59 Å². The van der Waals surface area contributed by atoms with Crippen molar-refractivity contribution in [1.29, 1.82) is 0 Å². The van der Waals surface area contributed by atoms with E-state index in [1.165, 1.54) is 0 Å². The summed E-state index contributed by atoms with van der Waals surface area (Å²) in [7, 11) is 0. The molecule has 0 bridgehead atoms. The Bertz CT molecular complexity index is 505. The molecule has 2 N–H and O–H groups in total. The van der Waals surface area contributed by atoms with Gasteiger partial charge in [-0.15, -0.1) is 0 Å². The Balaban J connectivity index is 2.64. The molecule has 1 aromatic rings. The van der Waals surface area contributed by atoms with Crippen LogP contribution in [0.5, 0.6) is 0 Å². The molecule has 7 heteroatoms. The first-order chi connectivity index (χ1) is 10.3. The molecule has 0 saturated heterocycles. The number of carbonyl (C=O) groups is 2. The number of halogens is 2. The Hall–Kier alpha value is -1.46. The predicted octanol–water partition coefficient (Wildman–Crippen LogP) is 3.85. The summed E-state index contributed by atoms with van der Waals surface area (Å²) in [5, 5.41) is 12.1. The molecule has 5 nitrogen and oxygen atoms in total.